The van der Waals surface area contributed by atoms with Crippen LogP contribution in [0.25, 0.3) is 0 Å². The first-order chi connectivity index (χ1) is 8.14. The lowest BCUT2D eigenvalue weighted by Crippen LogP contribution is -2.32. The van der Waals surface area contributed by atoms with Gasteiger partial charge in [0.15, 0.2) is 11.6 Å². The van der Waals surface area contributed by atoms with Crippen LogP contribution >= 0.6 is 0 Å². The SMILES string of the molecule is COc1c(C2(CN)CCCC2)ccc(F)c1F. The Morgan fingerprint density at radius 2 is 1.94 bits per heavy atom. The summed E-state index contributed by atoms with van der Waals surface area (Å²) in [6, 6.07) is 2.76. The Bertz CT molecular complexity index is 414. The van der Waals surface area contributed by atoms with E-state index in [9.17, 15) is 8.78 Å². The highest BCUT2D eigenvalue weighted by molar-refractivity contribution is 5.42. The lowest BCUT2D eigenvalue weighted by Gasteiger charge is -2.29. The van der Waals surface area contributed by atoms with Crippen LogP contribution in [0.15, 0.2) is 12.1 Å². The molecule has 1 fully saturated rings. The van der Waals surface area contributed by atoms with E-state index in [1.54, 1.807) is 6.07 Å². The van der Waals surface area contributed by atoms with Gasteiger partial charge in [-0.05, 0) is 18.9 Å². The van der Waals surface area contributed by atoms with E-state index in [0.717, 1.165) is 31.7 Å². The molecule has 17 heavy (non-hydrogen) atoms. The van der Waals surface area contributed by atoms with Gasteiger partial charge in [0.2, 0.25) is 5.82 Å². The Morgan fingerprint density at radius 1 is 1.29 bits per heavy atom. The summed E-state index contributed by atoms with van der Waals surface area (Å²) in [4.78, 5) is 0. The van der Waals surface area contributed by atoms with Gasteiger partial charge in [0.1, 0.15) is 0 Å². The van der Waals surface area contributed by atoms with Gasteiger partial charge in [-0.25, -0.2) is 4.39 Å². The smallest absolute Gasteiger partial charge is 0.200 e. The Labute approximate surface area is 99.8 Å². The molecule has 0 bridgehead atoms. The molecule has 1 aromatic carbocycles. The lowest BCUT2D eigenvalue weighted by molar-refractivity contribution is 0.345. The van der Waals surface area contributed by atoms with Crippen LogP contribution in [0.5, 0.6) is 5.75 Å². The van der Waals surface area contributed by atoms with E-state index in [1.165, 1.54) is 7.11 Å². The summed E-state index contributed by atoms with van der Waals surface area (Å²) in [5.74, 6) is -1.78. The third kappa shape index (κ3) is 1.90. The molecule has 1 aromatic rings. The van der Waals surface area contributed by atoms with Gasteiger partial charge in [0.05, 0.1) is 7.11 Å². The van der Waals surface area contributed by atoms with Crippen molar-refractivity contribution in [2.75, 3.05) is 13.7 Å². The quantitative estimate of drug-likeness (QED) is 0.883. The molecular weight excluding hydrogens is 224 g/mol. The normalized spacial score (nSPS) is 18.4. The summed E-state index contributed by atoms with van der Waals surface area (Å²) in [7, 11) is 1.36. The van der Waals surface area contributed by atoms with E-state index in [-0.39, 0.29) is 11.2 Å². The Kier molecular flexibility index (Phi) is 3.33. The molecule has 2 nitrogen and oxygen atoms in total. The molecule has 0 amide bonds. The van der Waals surface area contributed by atoms with Gasteiger partial charge in [-0.15, -0.1) is 0 Å². The Morgan fingerprint density at radius 3 is 2.47 bits per heavy atom. The van der Waals surface area contributed by atoms with Crippen LogP contribution < -0.4 is 10.5 Å². The maximum Gasteiger partial charge on any atom is 0.200 e. The fourth-order valence-electron chi connectivity index (χ4n) is 2.78. The highest BCUT2D eigenvalue weighted by Crippen LogP contribution is 2.45. The van der Waals surface area contributed by atoms with Crippen molar-refractivity contribution in [2.24, 2.45) is 5.73 Å². The van der Waals surface area contributed by atoms with E-state index >= 15 is 0 Å². The molecule has 0 spiro atoms. The third-order valence-corrected chi connectivity index (χ3v) is 3.78. The second-order valence-corrected chi connectivity index (χ2v) is 4.63. The highest BCUT2D eigenvalue weighted by atomic mass is 19.2. The molecule has 1 aliphatic carbocycles. The molecule has 0 radical (unpaired) electrons. The minimum Gasteiger partial charge on any atom is -0.493 e. The second-order valence-electron chi connectivity index (χ2n) is 4.63. The van der Waals surface area contributed by atoms with Gasteiger partial charge in [0.25, 0.3) is 0 Å². The fourth-order valence-corrected chi connectivity index (χ4v) is 2.78. The van der Waals surface area contributed by atoms with Crippen LogP contribution in [0.1, 0.15) is 31.2 Å². The summed E-state index contributed by atoms with van der Waals surface area (Å²) in [5, 5.41) is 0. The number of hydrogen-bond donors (Lipinski definition) is 1. The average Bonchev–Trinajstić information content (AvgIpc) is 2.82. The molecule has 1 saturated carbocycles. The van der Waals surface area contributed by atoms with Gasteiger partial charge in [0, 0.05) is 17.5 Å². The zero-order chi connectivity index (χ0) is 12.5. The van der Waals surface area contributed by atoms with Gasteiger partial charge in [-0.3, -0.25) is 0 Å². The summed E-state index contributed by atoms with van der Waals surface area (Å²) < 4.78 is 31.9. The first-order valence-corrected chi connectivity index (χ1v) is 5.87. The molecule has 0 atom stereocenters. The summed E-state index contributed by atoms with van der Waals surface area (Å²) in [5.41, 5.74) is 6.30. The summed E-state index contributed by atoms with van der Waals surface area (Å²) in [6.45, 7) is 0.439. The maximum absolute atomic E-state index is 13.7. The van der Waals surface area contributed by atoms with Crippen LogP contribution in [0.4, 0.5) is 8.78 Å². The van der Waals surface area contributed by atoms with Crippen molar-refractivity contribution in [3.8, 4) is 5.75 Å². The molecule has 0 aromatic heterocycles. The standard InChI is InChI=1S/C13H17F2NO/c1-17-12-9(4-5-10(14)11(12)15)13(8-16)6-2-3-7-13/h4-5H,2-3,6-8,16H2,1H3. The first-order valence-electron chi connectivity index (χ1n) is 5.87. The molecule has 1 aliphatic rings. The van der Waals surface area contributed by atoms with Crippen LogP contribution in [-0.2, 0) is 5.41 Å². The van der Waals surface area contributed by atoms with Crippen LogP contribution in [0.3, 0.4) is 0 Å². The van der Waals surface area contributed by atoms with Crippen molar-refractivity contribution in [3.05, 3.63) is 29.3 Å². The molecule has 0 unspecified atom stereocenters. The highest BCUT2D eigenvalue weighted by Gasteiger charge is 2.37. The molecule has 2 rings (SSSR count). The van der Waals surface area contributed by atoms with E-state index in [1.807, 2.05) is 0 Å². The Hall–Kier alpha value is -1.16. The molecule has 2 N–H and O–H groups in total. The minimum absolute atomic E-state index is 0.0114. The largest absolute Gasteiger partial charge is 0.493 e. The first kappa shape index (κ1) is 12.3. The predicted octanol–water partition coefficient (Wildman–Crippen LogP) is 2.74. The fraction of sp³-hybridized carbons (Fsp3) is 0.538. The van der Waals surface area contributed by atoms with Gasteiger partial charge >= 0.3 is 0 Å². The van der Waals surface area contributed by atoms with Crippen molar-refractivity contribution in [1.29, 1.82) is 0 Å². The predicted molar refractivity (Wildman–Crippen MR) is 62.1 cm³/mol. The van der Waals surface area contributed by atoms with Crippen molar-refractivity contribution in [1.82, 2.24) is 0 Å². The van der Waals surface area contributed by atoms with E-state index in [2.05, 4.69) is 0 Å². The summed E-state index contributed by atoms with van der Waals surface area (Å²) >= 11 is 0. The van der Waals surface area contributed by atoms with Crippen molar-refractivity contribution < 1.29 is 13.5 Å². The molecule has 4 heteroatoms. The Balaban J connectivity index is 2.54. The third-order valence-electron chi connectivity index (χ3n) is 3.78. The van der Waals surface area contributed by atoms with Crippen LogP contribution in [0, 0.1) is 11.6 Å². The van der Waals surface area contributed by atoms with Gasteiger partial charge in [-0.1, -0.05) is 18.9 Å². The van der Waals surface area contributed by atoms with Crippen molar-refractivity contribution >= 4 is 0 Å². The number of ether oxygens (including phenoxy) is 1. The number of hydrogen-bond acceptors (Lipinski definition) is 2. The van der Waals surface area contributed by atoms with E-state index < -0.39 is 11.6 Å². The monoisotopic (exact) mass is 241 g/mol. The topological polar surface area (TPSA) is 35.2 Å². The second kappa shape index (κ2) is 4.61. The molecule has 0 heterocycles. The summed E-state index contributed by atoms with van der Waals surface area (Å²) in [6.07, 6.45) is 3.95. The number of rotatable bonds is 3. The van der Waals surface area contributed by atoms with E-state index in [4.69, 9.17) is 10.5 Å². The number of methoxy groups -OCH3 is 1. The number of nitrogens with two attached hydrogens (primary N) is 1. The lowest BCUT2D eigenvalue weighted by atomic mass is 9.78. The minimum atomic E-state index is -0.912. The van der Waals surface area contributed by atoms with Gasteiger partial charge < -0.3 is 10.5 Å². The maximum atomic E-state index is 13.7. The van der Waals surface area contributed by atoms with Crippen molar-refractivity contribution in [2.45, 2.75) is 31.1 Å². The zero-order valence-corrected chi connectivity index (χ0v) is 9.93. The number of benzene rings is 1. The average molecular weight is 241 g/mol. The van der Waals surface area contributed by atoms with E-state index in [0.29, 0.717) is 12.1 Å². The zero-order valence-electron chi connectivity index (χ0n) is 9.93. The molecule has 0 aliphatic heterocycles. The number of halogens is 2. The molecule has 0 saturated heterocycles. The van der Waals surface area contributed by atoms with Crippen LogP contribution in [-0.4, -0.2) is 13.7 Å². The molecular formula is C13H17F2NO. The van der Waals surface area contributed by atoms with Crippen LogP contribution in [0.2, 0.25) is 0 Å². The molecule has 94 valence electrons. The van der Waals surface area contributed by atoms with Gasteiger partial charge in [-0.2, -0.15) is 4.39 Å². The van der Waals surface area contributed by atoms with Crippen molar-refractivity contribution in [3.63, 3.8) is 0 Å².